The molecule has 1 fully saturated rings. The first-order valence-electron chi connectivity index (χ1n) is 6.50. The molecule has 19 heavy (non-hydrogen) atoms. The van der Waals surface area contributed by atoms with Gasteiger partial charge in [-0.15, -0.1) is 11.3 Å². The minimum Gasteiger partial charge on any atom is -0.311 e. The first-order chi connectivity index (χ1) is 8.96. The summed E-state index contributed by atoms with van der Waals surface area (Å²) in [6, 6.07) is 2.20. The monoisotopic (exact) mass is 292 g/mol. The van der Waals surface area contributed by atoms with Crippen molar-refractivity contribution in [1.82, 2.24) is 10.2 Å². The van der Waals surface area contributed by atoms with Crippen molar-refractivity contribution in [3.05, 3.63) is 21.9 Å². The van der Waals surface area contributed by atoms with E-state index in [4.69, 9.17) is 0 Å². The van der Waals surface area contributed by atoms with Crippen LogP contribution in [0.25, 0.3) is 0 Å². The van der Waals surface area contributed by atoms with E-state index in [0.717, 1.165) is 19.4 Å². The first kappa shape index (κ1) is 14.8. The lowest BCUT2D eigenvalue weighted by molar-refractivity contribution is -0.147. The number of aryl methyl sites for hydroxylation is 1. The van der Waals surface area contributed by atoms with Crippen molar-refractivity contribution in [2.24, 2.45) is 0 Å². The first-order valence-corrected chi connectivity index (χ1v) is 7.38. The Morgan fingerprint density at radius 1 is 1.42 bits per heavy atom. The van der Waals surface area contributed by atoms with Crippen molar-refractivity contribution in [3.63, 3.8) is 0 Å². The topological polar surface area (TPSA) is 15.3 Å². The molecule has 108 valence electrons. The molecule has 0 amide bonds. The number of halogens is 3. The highest BCUT2D eigenvalue weighted by Crippen LogP contribution is 2.29. The molecule has 1 aromatic rings. The van der Waals surface area contributed by atoms with Crippen LogP contribution >= 0.6 is 11.3 Å². The minimum atomic E-state index is -4.09. The van der Waals surface area contributed by atoms with E-state index in [9.17, 15) is 13.2 Å². The maximum Gasteiger partial charge on any atom is 0.401 e. The number of hydrogen-bond acceptors (Lipinski definition) is 3. The Kier molecular flexibility index (Phi) is 4.86. The van der Waals surface area contributed by atoms with Crippen molar-refractivity contribution in [3.8, 4) is 0 Å². The largest absolute Gasteiger partial charge is 0.401 e. The second-order valence-corrected chi connectivity index (χ2v) is 6.02. The second-order valence-electron chi connectivity index (χ2n) is 5.02. The third kappa shape index (κ3) is 5.12. The number of nitrogens with zero attached hydrogens (tertiary/aromatic N) is 1. The van der Waals surface area contributed by atoms with Gasteiger partial charge >= 0.3 is 6.18 Å². The maximum absolute atomic E-state index is 12.4. The Hall–Kier alpha value is -0.590. The Bertz CT molecular complexity index is 399. The molecule has 1 saturated carbocycles. The van der Waals surface area contributed by atoms with Crippen LogP contribution in [-0.2, 0) is 6.54 Å². The van der Waals surface area contributed by atoms with Gasteiger partial charge in [0.15, 0.2) is 0 Å². The van der Waals surface area contributed by atoms with Gasteiger partial charge < -0.3 is 5.32 Å². The highest BCUT2D eigenvalue weighted by molar-refractivity contribution is 7.10. The zero-order valence-electron chi connectivity index (χ0n) is 11.0. The van der Waals surface area contributed by atoms with Crippen LogP contribution in [-0.4, -0.2) is 36.8 Å². The van der Waals surface area contributed by atoms with Gasteiger partial charge in [0.05, 0.1) is 6.54 Å². The van der Waals surface area contributed by atoms with Crippen LogP contribution in [0.2, 0.25) is 0 Å². The molecule has 1 aromatic heterocycles. The van der Waals surface area contributed by atoms with E-state index in [2.05, 4.69) is 11.4 Å². The highest BCUT2D eigenvalue weighted by atomic mass is 32.1. The molecular weight excluding hydrogens is 273 g/mol. The van der Waals surface area contributed by atoms with Crippen molar-refractivity contribution in [1.29, 1.82) is 0 Å². The third-order valence-electron chi connectivity index (χ3n) is 3.28. The van der Waals surface area contributed by atoms with Gasteiger partial charge in [-0.3, -0.25) is 4.90 Å². The molecule has 0 unspecified atom stereocenters. The van der Waals surface area contributed by atoms with Gasteiger partial charge in [-0.05, 0) is 36.8 Å². The molecule has 6 heteroatoms. The van der Waals surface area contributed by atoms with Crippen LogP contribution in [0.1, 0.15) is 23.3 Å². The average molecular weight is 292 g/mol. The van der Waals surface area contributed by atoms with E-state index >= 15 is 0 Å². The quantitative estimate of drug-likeness (QED) is 0.777. The summed E-state index contributed by atoms with van der Waals surface area (Å²) in [5, 5.41) is 5.26. The van der Waals surface area contributed by atoms with E-state index in [0.29, 0.717) is 13.1 Å². The van der Waals surface area contributed by atoms with Crippen molar-refractivity contribution < 1.29 is 13.2 Å². The predicted octanol–water partition coefficient (Wildman–Crippen LogP) is 3.17. The zero-order chi connectivity index (χ0) is 13.9. The molecule has 0 saturated heterocycles. The third-order valence-corrected chi connectivity index (χ3v) is 4.30. The molecule has 0 radical (unpaired) electrons. The lowest BCUT2D eigenvalue weighted by Gasteiger charge is -2.23. The fourth-order valence-corrected chi connectivity index (χ4v) is 2.95. The summed E-state index contributed by atoms with van der Waals surface area (Å²) >= 11 is 1.68. The van der Waals surface area contributed by atoms with Crippen LogP contribution in [0, 0.1) is 6.92 Å². The van der Waals surface area contributed by atoms with Crippen molar-refractivity contribution in [2.75, 3.05) is 19.6 Å². The van der Waals surface area contributed by atoms with Crippen LogP contribution in [0.4, 0.5) is 13.2 Å². The van der Waals surface area contributed by atoms with Gasteiger partial charge in [0.2, 0.25) is 0 Å². The number of alkyl halides is 3. The standard InChI is InChI=1S/C13H19F3N2S/c1-10-4-7-19-12(10)8-17-5-6-18(11-2-3-11)9-13(14,15)16/h4,7,11,17H,2-3,5-6,8-9H2,1H3. The molecule has 2 nitrogen and oxygen atoms in total. The molecule has 2 rings (SSSR count). The zero-order valence-corrected chi connectivity index (χ0v) is 11.8. The van der Waals surface area contributed by atoms with Crippen LogP contribution in [0.3, 0.4) is 0 Å². The smallest absolute Gasteiger partial charge is 0.311 e. The summed E-state index contributed by atoms with van der Waals surface area (Å²) in [6.45, 7) is 3.08. The highest BCUT2D eigenvalue weighted by Gasteiger charge is 2.37. The lowest BCUT2D eigenvalue weighted by Crippen LogP contribution is -2.40. The molecule has 0 aromatic carbocycles. The fraction of sp³-hybridized carbons (Fsp3) is 0.692. The van der Waals surface area contributed by atoms with Gasteiger partial charge in [-0.2, -0.15) is 13.2 Å². The van der Waals surface area contributed by atoms with Gasteiger partial charge in [-0.25, -0.2) is 0 Å². The van der Waals surface area contributed by atoms with Crippen LogP contribution < -0.4 is 5.32 Å². The van der Waals surface area contributed by atoms with E-state index in [1.54, 1.807) is 16.2 Å². The van der Waals surface area contributed by atoms with Crippen molar-refractivity contribution >= 4 is 11.3 Å². The van der Waals surface area contributed by atoms with Gasteiger partial charge in [0.25, 0.3) is 0 Å². The summed E-state index contributed by atoms with van der Waals surface area (Å²) in [4.78, 5) is 2.81. The molecule has 1 aliphatic carbocycles. The Labute approximate surface area is 115 Å². The van der Waals surface area contributed by atoms with E-state index in [1.165, 1.54) is 10.4 Å². The lowest BCUT2D eigenvalue weighted by atomic mass is 10.3. The summed E-state index contributed by atoms with van der Waals surface area (Å²) < 4.78 is 37.3. The molecule has 0 bridgehead atoms. The Morgan fingerprint density at radius 2 is 2.16 bits per heavy atom. The molecule has 0 spiro atoms. The van der Waals surface area contributed by atoms with Crippen LogP contribution in [0.15, 0.2) is 11.4 Å². The second kappa shape index (κ2) is 6.24. The van der Waals surface area contributed by atoms with Gasteiger partial charge in [0, 0.05) is 30.6 Å². The molecular formula is C13H19F3N2S. The normalized spacial score (nSPS) is 16.3. The molecule has 1 aliphatic rings. The minimum absolute atomic E-state index is 0.145. The number of thiophene rings is 1. The summed E-state index contributed by atoms with van der Waals surface area (Å²) in [6.07, 6.45) is -2.28. The Morgan fingerprint density at radius 3 is 2.68 bits per heavy atom. The molecule has 1 heterocycles. The molecule has 0 atom stereocenters. The molecule has 1 N–H and O–H groups in total. The maximum atomic E-state index is 12.4. The average Bonchev–Trinajstić information content (AvgIpc) is 3.07. The van der Waals surface area contributed by atoms with Gasteiger partial charge in [0.1, 0.15) is 0 Å². The predicted molar refractivity (Wildman–Crippen MR) is 71.4 cm³/mol. The summed E-state index contributed by atoms with van der Waals surface area (Å²) in [5.41, 5.74) is 1.24. The van der Waals surface area contributed by atoms with E-state index in [1.807, 2.05) is 12.3 Å². The number of nitrogens with one attached hydrogen (secondary N) is 1. The molecule has 0 aliphatic heterocycles. The fourth-order valence-electron chi connectivity index (χ4n) is 2.07. The Balaban J connectivity index is 1.69. The van der Waals surface area contributed by atoms with Crippen LogP contribution in [0.5, 0.6) is 0 Å². The van der Waals surface area contributed by atoms with E-state index in [-0.39, 0.29) is 6.04 Å². The van der Waals surface area contributed by atoms with Gasteiger partial charge in [-0.1, -0.05) is 0 Å². The summed E-state index contributed by atoms with van der Waals surface area (Å²) in [7, 11) is 0. The van der Waals surface area contributed by atoms with Crippen molar-refractivity contribution in [2.45, 2.75) is 38.5 Å². The SMILES string of the molecule is Cc1ccsc1CNCCN(CC(F)(F)F)C1CC1. The summed E-state index contributed by atoms with van der Waals surface area (Å²) in [5.74, 6) is 0. The number of hydrogen-bond donors (Lipinski definition) is 1. The number of rotatable bonds is 7. The van der Waals surface area contributed by atoms with E-state index < -0.39 is 12.7 Å².